The van der Waals surface area contributed by atoms with E-state index in [-0.39, 0.29) is 0 Å². The fourth-order valence-electron chi connectivity index (χ4n) is 1.84. The number of hydrogen-bond acceptors (Lipinski definition) is 0. The second-order valence-electron chi connectivity index (χ2n) is 3.58. The van der Waals surface area contributed by atoms with Gasteiger partial charge in [0.2, 0.25) is 0 Å². The molecular formula is C12H20. The van der Waals surface area contributed by atoms with Gasteiger partial charge in [-0.25, -0.2) is 0 Å². The van der Waals surface area contributed by atoms with E-state index in [1.54, 1.807) is 5.57 Å². The van der Waals surface area contributed by atoms with Crippen LogP contribution in [-0.2, 0) is 0 Å². The van der Waals surface area contributed by atoms with E-state index >= 15 is 0 Å². The lowest BCUT2D eigenvalue weighted by Gasteiger charge is -2.11. The first-order chi connectivity index (χ1) is 5.88. The number of unbranched alkanes of at least 4 members (excludes halogenated alkanes) is 2. The average molecular weight is 164 g/mol. The number of rotatable bonds is 5. The molecule has 0 aromatic rings. The van der Waals surface area contributed by atoms with Crippen molar-refractivity contribution in [1.82, 2.24) is 0 Å². The van der Waals surface area contributed by atoms with Crippen LogP contribution in [0, 0.1) is 5.92 Å². The first-order valence-electron chi connectivity index (χ1n) is 5.25. The molecule has 0 heterocycles. The molecule has 0 radical (unpaired) electrons. The Morgan fingerprint density at radius 1 is 1.25 bits per heavy atom. The molecule has 0 fully saturated rings. The van der Waals surface area contributed by atoms with E-state index in [1.165, 1.54) is 32.1 Å². The van der Waals surface area contributed by atoms with E-state index < -0.39 is 0 Å². The Hall–Kier alpha value is -0.520. The van der Waals surface area contributed by atoms with Crippen molar-refractivity contribution < 1.29 is 0 Å². The predicted molar refractivity (Wildman–Crippen MR) is 55.1 cm³/mol. The molecule has 0 heteroatoms. The van der Waals surface area contributed by atoms with Crippen molar-refractivity contribution in [2.75, 3.05) is 0 Å². The zero-order chi connectivity index (χ0) is 8.81. The smallest absolute Gasteiger partial charge is 0.00171 e. The minimum Gasteiger partial charge on any atom is -0.0773 e. The summed E-state index contributed by atoms with van der Waals surface area (Å²) in [6.45, 7) is 4.52. The van der Waals surface area contributed by atoms with Crippen molar-refractivity contribution >= 4 is 0 Å². The van der Waals surface area contributed by atoms with Crippen LogP contribution in [0.15, 0.2) is 23.8 Å². The molecule has 1 aliphatic rings. The first-order valence-corrected chi connectivity index (χ1v) is 5.25. The molecule has 1 unspecified atom stereocenters. The molecule has 1 rings (SSSR count). The fourth-order valence-corrected chi connectivity index (χ4v) is 1.84. The van der Waals surface area contributed by atoms with Crippen LogP contribution in [0.1, 0.15) is 46.0 Å². The molecule has 0 aromatic heterocycles. The third-order valence-corrected chi connectivity index (χ3v) is 2.66. The summed E-state index contributed by atoms with van der Waals surface area (Å²) in [5.41, 5.74) is 1.63. The molecule has 0 saturated heterocycles. The maximum absolute atomic E-state index is 2.36. The molecule has 0 saturated carbocycles. The largest absolute Gasteiger partial charge is 0.0773 e. The summed E-state index contributed by atoms with van der Waals surface area (Å²) in [4.78, 5) is 0. The van der Waals surface area contributed by atoms with E-state index in [0.717, 1.165) is 5.92 Å². The van der Waals surface area contributed by atoms with Gasteiger partial charge >= 0.3 is 0 Å². The van der Waals surface area contributed by atoms with E-state index in [1.807, 2.05) is 0 Å². The fraction of sp³-hybridized carbons (Fsp3) is 0.667. The van der Waals surface area contributed by atoms with Crippen LogP contribution in [-0.4, -0.2) is 0 Å². The van der Waals surface area contributed by atoms with Crippen LogP contribution < -0.4 is 0 Å². The molecule has 1 aliphatic carbocycles. The Morgan fingerprint density at radius 2 is 2.08 bits per heavy atom. The molecule has 1 atom stereocenters. The van der Waals surface area contributed by atoms with Crippen molar-refractivity contribution in [2.45, 2.75) is 46.0 Å². The molecule has 0 nitrogen and oxygen atoms in total. The summed E-state index contributed by atoms with van der Waals surface area (Å²) < 4.78 is 0. The number of allylic oxidation sites excluding steroid dienone is 4. The topological polar surface area (TPSA) is 0 Å². The molecular weight excluding hydrogens is 144 g/mol. The summed E-state index contributed by atoms with van der Waals surface area (Å²) in [5, 5.41) is 0. The van der Waals surface area contributed by atoms with Gasteiger partial charge in [-0.15, -0.1) is 0 Å². The van der Waals surface area contributed by atoms with Crippen molar-refractivity contribution in [3.8, 4) is 0 Å². The SMILES string of the molecule is CCCCCC1C=CC=C1CC. The Balaban J connectivity index is 2.23. The predicted octanol–water partition coefficient (Wildman–Crippen LogP) is 4.09. The monoisotopic (exact) mass is 164 g/mol. The van der Waals surface area contributed by atoms with Crippen LogP contribution >= 0.6 is 0 Å². The van der Waals surface area contributed by atoms with E-state index in [2.05, 4.69) is 32.1 Å². The Morgan fingerprint density at radius 3 is 2.75 bits per heavy atom. The number of hydrogen-bond donors (Lipinski definition) is 0. The van der Waals surface area contributed by atoms with Gasteiger partial charge in [0.25, 0.3) is 0 Å². The highest BCUT2D eigenvalue weighted by Crippen LogP contribution is 2.26. The summed E-state index contributed by atoms with van der Waals surface area (Å²) in [5.74, 6) is 0.779. The minimum atomic E-state index is 0.779. The van der Waals surface area contributed by atoms with Gasteiger partial charge < -0.3 is 0 Å². The highest BCUT2D eigenvalue weighted by Gasteiger charge is 2.11. The van der Waals surface area contributed by atoms with E-state index in [9.17, 15) is 0 Å². The minimum absolute atomic E-state index is 0.779. The van der Waals surface area contributed by atoms with Crippen molar-refractivity contribution in [2.24, 2.45) is 5.92 Å². The standard InChI is InChI=1S/C12H20/c1-3-5-6-8-12-10-7-9-11(12)4-2/h7,9-10,12H,3-6,8H2,1-2H3. The lowest BCUT2D eigenvalue weighted by atomic mass is 9.94. The van der Waals surface area contributed by atoms with Gasteiger partial charge in [0.1, 0.15) is 0 Å². The first kappa shape index (κ1) is 9.57. The van der Waals surface area contributed by atoms with Gasteiger partial charge in [0.05, 0.1) is 0 Å². The molecule has 0 bridgehead atoms. The van der Waals surface area contributed by atoms with Crippen LogP contribution in [0.3, 0.4) is 0 Å². The van der Waals surface area contributed by atoms with Crippen molar-refractivity contribution in [1.29, 1.82) is 0 Å². The molecule has 0 N–H and O–H groups in total. The van der Waals surface area contributed by atoms with Gasteiger partial charge in [0, 0.05) is 0 Å². The molecule has 68 valence electrons. The van der Waals surface area contributed by atoms with Crippen LogP contribution in [0.2, 0.25) is 0 Å². The molecule has 0 amide bonds. The highest BCUT2D eigenvalue weighted by atomic mass is 14.2. The molecule has 12 heavy (non-hydrogen) atoms. The Kier molecular flexibility index (Phi) is 4.13. The van der Waals surface area contributed by atoms with Crippen molar-refractivity contribution in [3.05, 3.63) is 23.8 Å². The van der Waals surface area contributed by atoms with Gasteiger partial charge in [-0.05, 0) is 18.8 Å². The molecule has 0 aliphatic heterocycles. The van der Waals surface area contributed by atoms with Crippen LogP contribution in [0.4, 0.5) is 0 Å². The second kappa shape index (κ2) is 5.18. The quantitative estimate of drug-likeness (QED) is 0.537. The summed E-state index contributed by atoms with van der Waals surface area (Å²) in [7, 11) is 0. The van der Waals surface area contributed by atoms with E-state index in [0.29, 0.717) is 0 Å². The normalized spacial score (nSPS) is 21.5. The Bertz CT molecular complexity index is 174. The maximum atomic E-state index is 2.36. The summed E-state index contributed by atoms with van der Waals surface area (Å²) in [6, 6.07) is 0. The zero-order valence-electron chi connectivity index (χ0n) is 8.34. The summed E-state index contributed by atoms with van der Waals surface area (Å²) >= 11 is 0. The zero-order valence-corrected chi connectivity index (χ0v) is 8.34. The van der Waals surface area contributed by atoms with Gasteiger partial charge in [-0.2, -0.15) is 0 Å². The highest BCUT2D eigenvalue weighted by molar-refractivity contribution is 5.26. The third kappa shape index (κ3) is 2.51. The Labute approximate surface area is 76.4 Å². The van der Waals surface area contributed by atoms with E-state index in [4.69, 9.17) is 0 Å². The van der Waals surface area contributed by atoms with Crippen LogP contribution in [0.5, 0.6) is 0 Å². The van der Waals surface area contributed by atoms with Crippen LogP contribution in [0.25, 0.3) is 0 Å². The second-order valence-corrected chi connectivity index (χ2v) is 3.58. The lowest BCUT2D eigenvalue weighted by Crippen LogP contribution is -1.96. The maximum Gasteiger partial charge on any atom is -0.00171 e. The van der Waals surface area contributed by atoms with Gasteiger partial charge in [0.15, 0.2) is 0 Å². The third-order valence-electron chi connectivity index (χ3n) is 2.66. The summed E-state index contributed by atoms with van der Waals surface area (Å²) in [6.07, 6.45) is 13.6. The lowest BCUT2D eigenvalue weighted by molar-refractivity contribution is 0.588. The van der Waals surface area contributed by atoms with Crippen molar-refractivity contribution in [3.63, 3.8) is 0 Å². The average Bonchev–Trinajstić information content (AvgIpc) is 2.52. The van der Waals surface area contributed by atoms with Gasteiger partial charge in [-0.3, -0.25) is 0 Å². The molecule has 0 spiro atoms. The molecule has 0 aromatic carbocycles. The van der Waals surface area contributed by atoms with Gasteiger partial charge in [-0.1, -0.05) is 56.9 Å².